The van der Waals surface area contributed by atoms with E-state index in [4.69, 9.17) is 15.2 Å². The molecular formula is C10H12BrNO2. The van der Waals surface area contributed by atoms with Crippen molar-refractivity contribution in [2.24, 2.45) is 5.73 Å². The number of halogens is 1. The van der Waals surface area contributed by atoms with E-state index in [9.17, 15) is 0 Å². The fourth-order valence-corrected chi connectivity index (χ4v) is 1.57. The van der Waals surface area contributed by atoms with E-state index in [1.807, 2.05) is 24.3 Å². The monoisotopic (exact) mass is 257 g/mol. The molecule has 1 saturated heterocycles. The Morgan fingerprint density at radius 2 is 2.00 bits per heavy atom. The highest BCUT2D eigenvalue weighted by Gasteiger charge is 2.39. The third kappa shape index (κ3) is 1.92. The van der Waals surface area contributed by atoms with Crippen molar-refractivity contribution in [2.45, 2.75) is 5.60 Å². The van der Waals surface area contributed by atoms with E-state index >= 15 is 0 Å². The number of hydrogen-bond acceptors (Lipinski definition) is 3. The van der Waals surface area contributed by atoms with Gasteiger partial charge in [-0.1, -0.05) is 15.9 Å². The Bertz CT molecular complexity index is 303. The number of rotatable bonds is 3. The third-order valence-electron chi connectivity index (χ3n) is 2.25. The predicted octanol–water partition coefficient (Wildman–Crippen LogP) is 1.56. The zero-order valence-electron chi connectivity index (χ0n) is 7.70. The summed E-state index contributed by atoms with van der Waals surface area (Å²) in [5.41, 5.74) is 5.33. The first-order valence-electron chi connectivity index (χ1n) is 4.46. The zero-order chi connectivity index (χ0) is 10.0. The maximum atomic E-state index is 5.77. The Hall–Kier alpha value is -0.580. The Balaban J connectivity index is 2.06. The Morgan fingerprint density at radius 3 is 2.43 bits per heavy atom. The number of hydrogen-bond donors (Lipinski definition) is 1. The lowest BCUT2D eigenvalue weighted by molar-refractivity contribution is -0.155. The minimum absolute atomic E-state index is 0.298. The molecule has 1 heterocycles. The van der Waals surface area contributed by atoms with Gasteiger partial charge in [0.05, 0.1) is 13.2 Å². The van der Waals surface area contributed by atoms with Crippen LogP contribution in [0.25, 0.3) is 0 Å². The number of ether oxygens (including phenoxy) is 2. The number of nitrogens with two attached hydrogens (primary N) is 1. The van der Waals surface area contributed by atoms with Gasteiger partial charge >= 0.3 is 0 Å². The van der Waals surface area contributed by atoms with Crippen molar-refractivity contribution in [3.05, 3.63) is 28.7 Å². The minimum Gasteiger partial charge on any atom is -0.481 e. The summed E-state index contributed by atoms with van der Waals surface area (Å²) in [5.74, 6) is 0.835. The van der Waals surface area contributed by atoms with Gasteiger partial charge in [-0.2, -0.15) is 0 Å². The molecule has 0 unspecified atom stereocenters. The van der Waals surface area contributed by atoms with E-state index in [0.717, 1.165) is 10.2 Å². The SMILES string of the molecule is NCC1(Oc2ccc(Br)cc2)COC1. The normalized spacial score (nSPS) is 18.7. The van der Waals surface area contributed by atoms with Crippen molar-refractivity contribution in [1.82, 2.24) is 0 Å². The first-order chi connectivity index (χ1) is 6.74. The van der Waals surface area contributed by atoms with Crippen molar-refractivity contribution in [3.8, 4) is 5.75 Å². The largest absolute Gasteiger partial charge is 0.481 e. The molecular weight excluding hydrogens is 246 g/mol. The maximum absolute atomic E-state index is 5.77. The van der Waals surface area contributed by atoms with E-state index < -0.39 is 0 Å². The summed E-state index contributed by atoms with van der Waals surface area (Å²) in [7, 11) is 0. The van der Waals surface area contributed by atoms with Gasteiger partial charge in [0.2, 0.25) is 0 Å². The molecule has 0 radical (unpaired) electrons. The predicted molar refractivity (Wildman–Crippen MR) is 57.4 cm³/mol. The van der Waals surface area contributed by atoms with Crippen LogP contribution in [-0.2, 0) is 4.74 Å². The molecule has 3 nitrogen and oxygen atoms in total. The Kier molecular flexibility index (Phi) is 2.76. The van der Waals surface area contributed by atoms with Gasteiger partial charge in [-0.25, -0.2) is 0 Å². The Morgan fingerprint density at radius 1 is 1.36 bits per heavy atom. The average molecular weight is 258 g/mol. The summed E-state index contributed by atoms with van der Waals surface area (Å²) in [4.78, 5) is 0. The molecule has 0 atom stereocenters. The van der Waals surface area contributed by atoms with Crippen LogP contribution in [0.1, 0.15) is 0 Å². The van der Waals surface area contributed by atoms with Crippen LogP contribution in [0.4, 0.5) is 0 Å². The van der Waals surface area contributed by atoms with E-state index in [0.29, 0.717) is 19.8 Å². The van der Waals surface area contributed by atoms with E-state index in [1.165, 1.54) is 0 Å². The first-order valence-corrected chi connectivity index (χ1v) is 5.26. The maximum Gasteiger partial charge on any atom is 0.167 e. The molecule has 1 aromatic carbocycles. The summed E-state index contributed by atoms with van der Waals surface area (Å²) in [5, 5.41) is 0. The molecule has 2 rings (SSSR count). The zero-order valence-corrected chi connectivity index (χ0v) is 9.29. The van der Waals surface area contributed by atoms with E-state index in [1.54, 1.807) is 0 Å². The second-order valence-electron chi connectivity index (χ2n) is 3.44. The third-order valence-corrected chi connectivity index (χ3v) is 2.78. The highest BCUT2D eigenvalue weighted by atomic mass is 79.9. The van der Waals surface area contributed by atoms with E-state index in [2.05, 4.69) is 15.9 Å². The summed E-state index contributed by atoms with van der Waals surface area (Å²) < 4.78 is 11.9. The van der Waals surface area contributed by atoms with Crippen molar-refractivity contribution >= 4 is 15.9 Å². The van der Waals surface area contributed by atoms with Gasteiger partial charge in [-0.3, -0.25) is 0 Å². The molecule has 0 aliphatic carbocycles. The molecule has 0 saturated carbocycles. The standard InChI is InChI=1S/C10H12BrNO2/c11-8-1-3-9(4-2-8)14-10(5-12)6-13-7-10/h1-4H,5-7,12H2. The topological polar surface area (TPSA) is 44.5 Å². The molecule has 1 aromatic rings. The highest BCUT2D eigenvalue weighted by Crippen LogP contribution is 2.25. The van der Waals surface area contributed by atoms with Gasteiger partial charge in [-0.15, -0.1) is 0 Å². The van der Waals surface area contributed by atoms with Crippen molar-refractivity contribution in [2.75, 3.05) is 19.8 Å². The summed E-state index contributed by atoms with van der Waals surface area (Å²) in [6.07, 6.45) is 0. The summed E-state index contributed by atoms with van der Waals surface area (Å²) >= 11 is 3.37. The second-order valence-corrected chi connectivity index (χ2v) is 4.35. The quantitative estimate of drug-likeness (QED) is 0.894. The van der Waals surface area contributed by atoms with Gasteiger partial charge in [0, 0.05) is 11.0 Å². The molecule has 0 bridgehead atoms. The van der Waals surface area contributed by atoms with Crippen LogP contribution in [0.15, 0.2) is 28.7 Å². The molecule has 14 heavy (non-hydrogen) atoms. The molecule has 4 heteroatoms. The summed E-state index contributed by atoms with van der Waals surface area (Å²) in [6, 6.07) is 7.72. The van der Waals surface area contributed by atoms with Crippen LogP contribution in [-0.4, -0.2) is 25.4 Å². The van der Waals surface area contributed by atoms with Crippen LogP contribution >= 0.6 is 15.9 Å². The molecule has 2 N–H and O–H groups in total. The van der Waals surface area contributed by atoms with Gasteiger partial charge in [0.1, 0.15) is 5.75 Å². The van der Waals surface area contributed by atoms with Gasteiger partial charge in [0.15, 0.2) is 5.60 Å². The van der Waals surface area contributed by atoms with Gasteiger partial charge in [0.25, 0.3) is 0 Å². The van der Waals surface area contributed by atoms with Crippen LogP contribution < -0.4 is 10.5 Å². The van der Waals surface area contributed by atoms with Crippen molar-refractivity contribution in [3.63, 3.8) is 0 Å². The highest BCUT2D eigenvalue weighted by molar-refractivity contribution is 9.10. The van der Waals surface area contributed by atoms with Crippen LogP contribution in [0.2, 0.25) is 0 Å². The lowest BCUT2D eigenvalue weighted by Crippen LogP contribution is -2.59. The fourth-order valence-electron chi connectivity index (χ4n) is 1.30. The number of benzene rings is 1. The smallest absolute Gasteiger partial charge is 0.167 e. The van der Waals surface area contributed by atoms with Crippen LogP contribution in [0.5, 0.6) is 5.75 Å². The molecule has 1 aliphatic heterocycles. The second kappa shape index (κ2) is 3.88. The molecule has 0 spiro atoms. The molecule has 0 aromatic heterocycles. The molecule has 0 amide bonds. The van der Waals surface area contributed by atoms with Gasteiger partial charge in [-0.05, 0) is 24.3 Å². The van der Waals surface area contributed by atoms with Crippen LogP contribution in [0, 0.1) is 0 Å². The Labute approximate surface area is 91.3 Å². The molecule has 76 valence electrons. The molecule has 1 aliphatic rings. The summed E-state index contributed by atoms with van der Waals surface area (Å²) in [6.45, 7) is 1.65. The minimum atomic E-state index is -0.298. The van der Waals surface area contributed by atoms with Gasteiger partial charge < -0.3 is 15.2 Å². The van der Waals surface area contributed by atoms with E-state index in [-0.39, 0.29) is 5.60 Å². The lowest BCUT2D eigenvalue weighted by atomic mass is 10.0. The van der Waals surface area contributed by atoms with Crippen LogP contribution in [0.3, 0.4) is 0 Å². The fraction of sp³-hybridized carbons (Fsp3) is 0.400. The molecule has 1 fully saturated rings. The average Bonchev–Trinajstić information content (AvgIpc) is 2.15. The van der Waals surface area contributed by atoms with Crippen molar-refractivity contribution in [1.29, 1.82) is 0 Å². The van der Waals surface area contributed by atoms with Crippen molar-refractivity contribution < 1.29 is 9.47 Å². The first kappa shape index (κ1) is 9.96. The lowest BCUT2D eigenvalue weighted by Gasteiger charge is -2.40.